The predicted molar refractivity (Wildman–Crippen MR) is 156 cm³/mol. The number of nitrogens with one attached hydrogen (secondary N) is 1. The molecule has 0 saturated heterocycles. The molecule has 4 rings (SSSR count). The molecule has 0 aliphatic rings. The molecule has 1 N–H and O–H groups in total. The lowest BCUT2D eigenvalue weighted by Crippen LogP contribution is -2.40. The highest BCUT2D eigenvalue weighted by molar-refractivity contribution is 7.89. The number of nitrogens with zero attached hydrogens (tertiary/aromatic N) is 3. The summed E-state index contributed by atoms with van der Waals surface area (Å²) in [6, 6.07) is 20.7. The van der Waals surface area contributed by atoms with Crippen molar-refractivity contribution in [1.29, 1.82) is 0 Å². The average Bonchev–Trinajstić information content (AvgIpc) is 3.36. The van der Waals surface area contributed by atoms with Crippen molar-refractivity contribution in [2.24, 2.45) is 5.92 Å². The van der Waals surface area contributed by atoms with Crippen LogP contribution in [0.1, 0.15) is 13.8 Å². The van der Waals surface area contributed by atoms with Gasteiger partial charge in [0.2, 0.25) is 21.9 Å². The summed E-state index contributed by atoms with van der Waals surface area (Å²) < 4.78 is 40.6. The van der Waals surface area contributed by atoms with Gasteiger partial charge in [-0.05, 0) is 42.3 Å². The second kappa shape index (κ2) is 12.5. The van der Waals surface area contributed by atoms with Gasteiger partial charge >= 0.3 is 0 Å². The number of sulfonamides is 1. The number of halogens is 1. The standard InChI is InChI=1S/C29H31ClN4O5S/c1-20(2)17-33(40(36,37)24-13-10-22(30)11-14-24)19-28(35)32-29-31-25(21-8-6-5-7-9-21)18-34(29)23-12-15-26(38-3)27(16-23)39-4/h5-16,18,20H,17,19H2,1-4H3,(H,31,32,35). The lowest BCUT2D eigenvalue weighted by Gasteiger charge is -2.23. The van der Waals surface area contributed by atoms with Gasteiger partial charge in [0, 0.05) is 29.4 Å². The van der Waals surface area contributed by atoms with Gasteiger partial charge in [0.15, 0.2) is 11.5 Å². The van der Waals surface area contributed by atoms with Gasteiger partial charge in [-0.25, -0.2) is 13.4 Å². The fraction of sp³-hybridized carbons (Fsp3) is 0.241. The smallest absolute Gasteiger partial charge is 0.243 e. The molecule has 0 bridgehead atoms. The van der Waals surface area contributed by atoms with Crippen molar-refractivity contribution in [2.45, 2.75) is 18.7 Å². The van der Waals surface area contributed by atoms with Gasteiger partial charge in [-0.3, -0.25) is 14.7 Å². The first kappa shape index (κ1) is 29.1. The molecule has 1 amide bonds. The molecule has 9 nitrogen and oxygen atoms in total. The average molecular weight is 583 g/mol. The molecule has 210 valence electrons. The van der Waals surface area contributed by atoms with Crippen molar-refractivity contribution in [2.75, 3.05) is 32.6 Å². The molecule has 0 atom stereocenters. The number of anilines is 1. The lowest BCUT2D eigenvalue weighted by molar-refractivity contribution is -0.116. The molecule has 0 saturated carbocycles. The van der Waals surface area contributed by atoms with Crippen molar-refractivity contribution in [3.63, 3.8) is 0 Å². The molecular formula is C29H31ClN4O5S. The molecule has 0 fully saturated rings. The summed E-state index contributed by atoms with van der Waals surface area (Å²) in [5.74, 6) is 0.726. The normalized spacial score (nSPS) is 11.6. The number of hydrogen-bond donors (Lipinski definition) is 1. The Morgan fingerprint density at radius 3 is 2.30 bits per heavy atom. The van der Waals surface area contributed by atoms with E-state index < -0.39 is 22.5 Å². The van der Waals surface area contributed by atoms with Gasteiger partial charge in [-0.15, -0.1) is 0 Å². The van der Waals surface area contributed by atoms with E-state index >= 15 is 0 Å². The van der Waals surface area contributed by atoms with Crippen LogP contribution in [0.25, 0.3) is 16.9 Å². The minimum absolute atomic E-state index is 0.0201. The highest BCUT2D eigenvalue weighted by atomic mass is 35.5. The van der Waals surface area contributed by atoms with E-state index in [-0.39, 0.29) is 23.3 Å². The monoisotopic (exact) mass is 582 g/mol. The summed E-state index contributed by atoms with van der Waals surface area (Å²) in [4.78, 5) is 18.1. The minimum atomic E-state index is -3.96. The summed E-state index contributed by atoms with van der Waals surface area (Å²) in [7, 11) is -0.871. The number of ether oxygens (including phenoxy) is 2. The molecular weight excluding hydrogens is 552 g/mol. The number of rotatable bonds is 11. The zero-order chi connectivity index (χ0) is 28.9. The van der Waals surface area contributed by atoms with Crippen molar-refractivity contribution in [3.05, 3.63) is 84.0 Å². The number of amides is 1. The number of carbonyl (C=O) groups is 1. The second-order valence-corrected chi connectivity index (χ2v) is 11.8. The highest BCUT2D eigenvalue weighted by Gasteiger charge is 2.28. The highest BCUT2D eigenvalue weighted by Crippen LogP contribution is 2.32. The van der Waals surface area contributed by atoms with Crippen LogP contribution in [0.15, 0.2) is 83.9 Å². The molecule has 0 aliphatic carbocycles. The van der Waals surface area contributed by atoms with Crippen LogP contribution in [-0.4, -0.2) is 55.5 Å². The zero-order valence-electron chi connectivity index (χ0n) is 22.7. The maximum Gasteiger partial charge on any atom is 0.243 e. The SMILES string of the molecule is COc1ccc(-n2cc(-c3ccccc3)nc2NC(=O)CN(CC(C)C)S(=O)(=O)c2ccc(Cl)cc2)cc1OC. The molecule has 1 aromatic heterocycles. The van der Waals surface area contributed by atoms with Crippen LogP contribution >= 0.6 is 11.6 Å². The molecule has 4 aromatic rings. The Morgan fingerprint density at radius 2 is 1.68 bits per heavy atom. The molecule has 0 unspecified atom stereocenters. The summed E-state index contributed by atoms with van der Waals surface area (Å²) >= 11 is 5.95. The van der Waals surface area contributed by atoms with Crippen molar-refractivity contribution < 1.29 is 22.7 Å². The van der Waals surface area contributed by atoms with Gasteiger partial charge < -0.3 is 9.47 Å². The number of hydrogen-bond acceptors (Lipinski definition) is 6. The minimum Gasteiger partial charge on any atom is -0.493 e. The number of carbonyl (C=O) groups excluding carboxylic acids is 1. The van der Waals surface area contributed by atoms with Crippen LogP contribution < -0.4 is 14.8 Å². The Kier molecular flexibility index (Phi) is 9.14. The Morgan fingerprint density at radius 1 is 1.00 bits per heavy atom. The maximum atomic E-state index is 13.4. The Bertz CT molecular complexity index is 1570. The van der Waals surface area contributed by atoms with Crippen molar-refractivity contribution >= 4 is 33.5 Å². The Labute approximate surface area is 239 Å². The van der Waals surface area contributed by atoms with E-state index in [1.807, 2.05) is 50.2 Å². The molecule has 40 heavy (non-hydrogen) atoms. The molecule has 0 spiro atoms. The first-order valence-corrected chi connectivity index (χ1v) is 14.4. The van der Waals surface area contributed by atoms with Gasteiger partial charge in [-0.2, -0.15) is 4.31 Å². The van der Waals surface area contributed by atoms with E-state index in [1.165, 1.54) is 31.4 Å². The van der Waals surface area contributed by atoms with Crippen LogP contribution in [-0.2, 0) is 14.8 Å². The molecule has 0 radical (unpaired) electrons. The van der Waals surface area contributed by atoms with E-state index in [0.717, 1.165) is 9.87 Å². The molecule has 0 aliphatic heterocycles. The second-order valence-electron chi connectivity index (χ2n) is 9.42. The fourth-order valence-corrected chi connectivity index (χ4v) is 5.81. The van der Waals surface area contributed by atoms with Crippen molar-refractivity contribution in [3.8, 4) is 28.4 Å². The van der Waals surface area contributed by atoms with E-state index in [0.29, 0.717) is 27.9 Å². The first-order valence-electron chi connectivity index (χ1n) is 12.5. The van der Waals surface area contributed by atoms with Gasteiger partial charge in [-0.1, -0.05) is 55.8 Å². The van der Waals surface area contributed by atoms with Gasteiger partial charge in [0.25, 0.3) is 0 Å². The predicted octanol–water partition coefficient (Wildman–Crippen LogP) is 5.50. The third-order valence-corrected chi connectivity index (χ3v) is 8.09. The van der Waals surface area contributed by atoms with Gasteiger partial charge in [0.05, 0.1) is 37.0 Å². The molecule has 3 aromatic carbocycles. The van der Waals surface area contributed by atoms with E-state index in [2.05, 4.69) is 10.3 Å². The van der Waals surface area contributed by atoms with E-state index in [9.17, 15) is 13.2 Å². The van der Waals surface area contributed by atoms with Crippen LogP contribution in [0.3, 0.4) is 0 Å². The van der Waals surface area contributed by atoms with Crippen LogP contribution in [0.5, 0.6) is 11.5 Å². The quantitative estimate of drug-likeness (QED) is 0.251. The van der Waals surface area contributed by atoms with Gasteiger partial charge in [0.1, 0.15) is 0 Å². The molecule has 11 heteroatoms. The number of imidazole rings is 1. The van der Waals surface area contributed by atoms with E-state index in [4.69, 9.17) is 21.1 Å². The third-order valence-electron chi connectivity index (χ3n) is 6.01. The lowest BCUT2D eigenvalue weighted by atomic mass is 10.2. The third kappa shape index (κ3) is 6.64. The first-order chi connectivity index (χ1) is 19.1. The summed E-state index contributed by atoms with van der Waals surface area (Å²) in [5, 5.41) is 3.24. The Hall–Kier alpha value is -3.86. The van der Waals surface area contributed by atoms with Crippen molar-refractivity contribution in [1.82, 2.24) is 13.9 Å². The van der Waals surface area contributed by atoms with E-state index in [1.54, 1.807) is 30.0 Å². The number of aromatic nitrogens is 2. The van der Waals surface area contributed by atoms with Crippen LogP contribution in [0.4, 0.5) is 5.95 Å². The number of methoxy groups -OCH3 is 2. The summed E-state index contributed by atoms with van der Waals surface area (Å²) in [5.41, 5.74) is 2.14. The number of benzene rings is 3. The van der Waals surface area contributed by atoms with Crippen LogP contribution in [0, 0.1) is 5.92 Å². The molecule has 1 heterocycles. The summed E-state index contributed by atoms with van der Waals surface area (Å²) in [6.45, 7) is 3.52. The zero-order valence-corrected chi connectivity index (χ0v) is 24.2. The van der Waals surface area contributed by atoms with Crippen LogP contribution in [0.2, 0.25) is 5.02 Å². The Balaban J connectivity index is 1.68. The summed E-state index contributed by atoms with van der Waals surface area (Å²) in [6.07, 6.45) is 1.79. The fourth-order valence-electron chi connectivity index (χ4n) is 4.12. The topological polar surface area (TPSA) is 103 Å². The largest absolute Gasteiger partial charge is 0.493 e. The maximum absolute atomic E-state index is 13.4.